The molecule has 0 aliphatic rings. The summed E-state index contributed by atoms with van der Waals surface area (Å²) in [6, 6.07) is 22.6. The molecule has 7 nitrogen and oxygen atoms in total. The van der Waals surface area contributed by atoms with E-state index >= 15 is 0 Å². The highest BCUT2D eigenvalue weighted by molar-refractivity contribution is 7.92. The van der Waals surface area contributed by atoms with Gasteiger partial charge in [-0.15, -0.1) is 0 Å². The van der Waals surface area contributed by atoms with Crippen LogP contribution in [0.1, 0.15) is 43.4 Å². The third-order valence-electron chi connectivity index (χ3n) is 6.72. The molecule has 0 unspecified atom stereocenters. The molecule has 0 aliphatic carbocycles. The molecule has 0 bridgehead atoms. The molecule has 1 N–H and O–H groups in total. The summed E-state index contributed by atoms with van der Waals surface area (Å²) in [4.78, 5) is 28.5. The second-order valence-electron chi connectivity index (χ2n) is 9.76. The van der Waals surface area contributed by atoms with Gasteiger partial charge in [-0.1, -0.05) is 74.0 Å². The Morgan fingerprint density at radius 3 is 2.21 bits per heavy atom. The largest absolute Gasteiger partial charge is 0.354 e. The highest BCUT2D eigenvalue weighted by Crippen LogP contribution is 2.28. The van der Waals surface area contributed by atoms with Crippen molar-refractivity contribution in [3.05, 3.63) is 95.6 Å². The van der Waals surface area contributed by atoms with Crippen LogP contribution in [0.5, 0.6) is 0 Å². The van der Waals surface area contributed by atoms with Crippen LogP contribution < -0.4 is 9.62 Å². The number of amides is 2. The van der Waals surface area contributed by atoms with Gasteiger partial charge < -0.3 is 10.2 Å². The highest BCUT2D eigenvalue weighted by Gasteiger charge is 2.32. The lowest BCUT2D eigenvalue weighted by molar-refractivity contribution is -0.138. The summed E-state index contributed by atoms with van der Waals surface area (Å²) in [7, 11) is -4.07. The Morgan fingerprint density at radius 2 is 1.56 bits per heavy atom. The summed E-state index contributed by atoms with van der Waals surface area (Å²) < 4.78 is 28.9. The van der Waals surface area contributed by atoms with E-state index in [9.17, 15) is 18.0 Å². The summed E-state index contributed by atoms with van der Waals surface area (Å²) in [5.74, 6) is -0.696. The summed E-state index contributed by atoms with van der Waals surface area (Å²) >= 11 is 0. The van der Waals surface area contributed by atoms with E-state index in [0.717, 1.165) is 29.5 Å². The first-order valence-corrected chi connectivity index (χ1v) is 14.8. The Bertz CT molecular complexity index is 1340. The Morgan fingerprint density at radius 1 is 0.923 bits per heavy atom. The minimum absolute atomic E-state index is 0.0971. The smallest absolute Gasteiger partial charge is 0.264 e. The van der Waals surface area contributed by atoms with Crippen LogP contribution in [-0.4, -0.2) is 50.8 Å². The fraction of sp³-hybridized carbons (Fsp3) is 0.355. The van der Waals surface area contributed by atoms with Crippen LogP contribution in [0.2, 0.25) is 0 Å². The number of rotatable bonds is 13. The van der Waals surface area contributed by atoms with E-state index in [1.54, 1.807) is 31.2 Å². The van der Waals surface area contributed by atoms with Gasteiger partial charge in [0.05, 0.1) is 10.6 Å². The van der Waals surface area contributed by atoms with Crippen LogP contribution in [0.25, 0.3) is 0 Å². The summed E-state index contributed by atoms with van der Waals surface area (Å²) in [5.41, 5.74) is 3.07. The Hall–Kier alpha value is -3.65. The quantitative estimate of drug-likeness (QED) is 0.308. The number of aryl methyl sites for hydroxylation is 2. The molecule has 39 heavy (non-hydrogen) atoms. The van der Waals surface area contributed by atoms with Crippen molar-refractivity contribution in [3.63, 3.8) is 0 Å². The number of hydrogen-bond donors (Lipinski definition) is 1. The molecule has 0 aliphatic heterocycles. The lowest BCUT2D eigenvalue weighted by Crippen LogP contribution is -2.52. The van der Waals surface area contributed by atoms with Gasteiger partial charge in [-0.25, -0.2) is 8.42 Å². The maximum Gasteiger partial charge on any atom is 0.264 e. The first-order valence-electron chi connectivity index (χ1n) is 13.4. The number of carbonyl (C=O) groups is 2. The van der Waals surface area contributed by atoms with E-state index in [-0.39, 0.29) is 17.3 Å². The van der Waals surface area contributed by atoms with E-state index in [4.69, 9.17) is 0 Å². The number of anilines is 1. The number of carbonyl (C=O) groups excluding carboxylic acids is 2. The fourth-order valence-corrected chi connectivity index (χ4v) is 5.82. The van der Waals surface area contributed by atoms with Crippen LogP contribution in [-0.2, 0) is 26.0 Å². The van der Waals surface area contributed by atoms with Crippen molar-refractivity contribution in [1.29, 1.82) is 0 Å². The number of hydrogen-bond acceptors (Lipinski definition) is 4. The normalized spacial score (nSPS) is 12.0. The first kappa shape index (κ1) is 29.9. The van der Waals surface area contributed by atoms with Crippen molar-refractivity contribution in [2.75, 3.05) is 23.9 Å². The zero-order valence-electron chi connectivity index (χ0n) is 23.3. The SMILES string of the molecule is CCCCNC(=O)[C@@H](C)N(CCc1ccccc1)C(=O)CN(c1cc(C)ccc1C)S(=O)(=O)c1ccccc1. The predicted molar refractivity (Wildman–Crippen MR) is 156 cm³/mol. The van der Waals surface area contributed by atoms with Crippen molar-refractivity contribution in [2.24, 2.45) is 0 Å². The molecule has 0 fully saturated rings. The molecule has 0 spiro atoms. The summed E-state index contributed by atoms with van der Waals surface area (Å²) in [5, 5.41) is 2.91. The van der Waals surface area contributed by atoms with Gasteiger partial charge in [-0.3, -0.25) is 13.9 Å². The van der Waals surface area contributed by atoms with Crippen molar-refractivity contribution < 1.29 is 18.0 Å². The standard InChI is InChI=1S/C31H39N3O4S/c1-5-6-20-32-31(36)26(4)33(21-19-27-13-9-7-10-14-27)30(35)23-34(29-22-24(2)17-18-25(29)3)39(37,38)28-15-11-8-12-16-28/h7-18,22,26H,5-6,19-21,23H2,1-4H3,(H,32,36)/t26-/m1/s1. The molecule has 0 radical (unpaired) electrons. The number of unbranched alkanes of at least 4 members (excludes halogenated alkanes) is 1. The number of nitrogens with zero attached hydrogens (tertiary/aromatic N) is 2. The van der Waals surface area contributed by atoms with Crippen LogP contribution in [0, 0.1) is 13.8 Å². The van der Waals surface area contributed by atoms with Gasteiger partial charge in [0, 0.05) is 13.1 Å². The Balaban J connectivity index is 1.97. The van der Waals surface area contributed by atoms with Gasteiger partial charge in [0.25, 0.3) is 10.0 Å². The lowest BCUT2D eigenvalue weighted by atomic mass is 10.1. The van der Waals surface area contributed by atoms with Crippen LogP contribution in [0.3, 0.4) is 0 Å². The molecule has 1 atom stereocenters. The monoisotopic (exact) mass is 549 g/mol. The van der Waals surface area contributed by atoms with Gasteiger partial charge in [-0.05, 0) is 68.5 Å². The maximum absolute atomic E-state index is 13.9. The molecule has 0 saturated carbocycles. The van der Waals surface area contributed by atoms with E-state index < -0.39 is 28.5 Å². The van der Waals surface area contributed by atoms with Crippen molar-refractivity contribution >= 4 is 27.5 Å². The zero-order valence-corrected chi connectivity index (χ0v) is 24.1. The minimum atomic E-state index is -4.07. The second kappa shape index (κ2) is 13.9. The summed E-state index contributed by atoms with van der Waals surface area (Å²) in [6.45, 7) is 7.81. The lowest BCUT2D eigenvalue weighted by Gasteiger charge is -2.32. The zero-order chi connectivity index (χ0) is 28.4. The summed E-state index contributed by atoms with van der Waals surface area (Å²) in [6.07, 6.45) is 2.31. The molecule has 3 aromatic carbocycles. The Kier molecular flexibility index (Phi) is 10.7. The average Bonchev–Trinajstić information content (AvgIpc) is 2.94. The van der Waals surface area contributed by atoms with Crippen molar-refractivity contribution in [3.8, 4) is 0 Å². The molecule has 8 heteroatoms. The van der Waals surface area contributed by atoms with E-state index in [1.165, 1.54) is 21.3 Å². The molecule has 0 saturated heterocycles. The van der Waals surface area contributed by atoms with E-state index in [0.29, 0.717) is 18.7 Å². The predicted octanol–water partition coefficient (Wildman–Crippen LogP) is 4.87. The van der Waals surface area contributed by atoms with E-state index in [2.05, 4.69) is 5.32 Å². The van der Waals surface area contributed by atoms with Gasteiger partial charge in [-0.2, -0.15) is 0 Å². The third-order valence-corrected chi connectivity index (χ3v) is 8.50. The molecule has 3 rings (SSSR count). The number of nitrogens with one attached hydrogen (secondary N) is 1. The third kappa shape index (κ3) is 7.93. The highest BCUT2D eigenvalue weighted by atomic mass is 32.2. The average molecular weight is 550 g/mol. The topological polar surface area (TPSA) is 86.8 Å². The van der Waals surface area contributed by atoms with Gasteiger partial charge in [0.15, 0.2) is 0 Å². The van der Waals surface area contributed by atoms with Crippen LogP contribution >= 0.6 is 0 Å². The maximum atomic E-state index is 13.9. The fourth-order valence-electron chi connectivity index (χ4n) is 4.33. The van der Waals surface area contributed by atoms with Crippen LogP contribution in [0.15, 0.2) is 83.8 Å². The molecule has 3 aromatic rings. The van der Waals surface area contributed by atoms with E-state index in [1.807, 2.05) is 63.2 Å². The van der Waals surface area contributed by atoms with Gasteiger partial charge in [0.2, 0.25) is 11.8 Å². The number of benzene rings is 3. The van der Waals surface area contributed by atoms with Crippen molar-refractivity contribution in [2.45, 2.75) is 57.9 Å². The second-order valence-corrected chi connectivity index (χ2v) is 11.6. The van der Waals surface area contributed by atoms with Crippen LogP contribution in [0.4, 0.5) is 5.69 Å². The molecular weight excluding hydrogens is 510 g/mol. The molecule has 2 amide bonds. The van der Waals surface area contributed by atoms with Gasteiger partial charge >= 0.3 is 0 Å². The van der Waals surface area contributed by atoms with Gasteiger partial charge in [0.1, 0.15) is 12.6 Å². The number of sulfonamides is 1. The molecule has 0 heterocycles. The molecule has 208 valence electrons. The first-order chi connectivity index (χ1) is 18.6. The molecular formula is C31H39N3O4S. The minimum Gasteiger partial charge on any atom is -0.354 e. The molecule has 0 aromatic heterocycles. The van der Waals surface area contributed by atoms with Crippen molar-refractivity contribution in [1.82, 2.24) is 10.2 Å². The Labute approximate surface area is 232 Å².